The Morgan fingerprint density at radius 2 is 0.667 bits per heavy atom. The van der Waals surface area contributed by atoms with Gasteiger partial charge >= 0.3 is 25.8 Å². The molecule has 0 rings (SSSR count). The van der Waals surface area contributed by atoms with Crippen molar-refractivity contribution < 1.29 is 50.7 Å². The molecule has 40 valence electrons. The van der Waals surface area contributed by atoms with Gasteiger partial charge in [-0.3, -0.25) is 0 Å². The minimum absolute atomic E-state index is 0. The van der Waals surface area contributed by atoms with Crippen LogP contribution in [0.5, 0.6) is 0 Å². The fourth-order valence-corrected chi connectivity index (χ4v) is 0. The number of hydrogen-bond donors (Lipinski definition) is 0. The van der Waals surface area contributed by atoms with Crippen LogP contribution in [-0.2, 0) is 25.8 Å². The van der Waals surface area contributed by atoms with E-state index in [2.05, 4.69) is 0 Å². The van der Waals surface area contributed by atoms with E-state index in [0.29, 0.717) is 0 Å². The van der Waals surface area contributed by atoms with Crippen molar-refractivity contribution in [2.45, 2.75) is 0 Å². The summed E-state index contributed by atoms with van der Waals surface area (Å²) in [5.74, 6) is 0. The Morgan fingerprint density at radius 1 is 0.667 bits per heavy atom. The number of hydrogen-bond acceptors (Lipinski definition) is 0. The van der Waals surface area contributed by atoms with Gasteiger partial charge in [0, 0.05) is 0 Å². The normalized spacial score (nSPS) is 0. The van der Waals surface area contributed by atoms with Crippen molar-refractivity contribution in [3.8, 4) is 0 Å². The zero-order chi connectivity index (χ0) is 0. The smallest absolute Gasteiger partial charge is 1.00 e. The summed E-state index contributed by atoms with van der Waals surface area (Å²) in [5, 5.41) is 0. The maximum atomic E-state index is 0. The van der Waals surface area contributed by atoms with Gasteiger partial charge in [-0.1, -0.05) is 0 Å². The van der Waals surface area contributed by atoms with E-state index in [9.17, 15) is 0 Å². The molecule has 0 heterocycles. The molecule has 0 aromatic rings. The summed E-state index contributed by atoms with van der Waals surface area (Å²) in [7, 11) is 0. The minimum atomic E-state index is 0. The molecule has 6 heavy (non-hydrogen) atoms. The van der Waals surface area contributed by atoms with Crippen LogP contribution in [0.4, 0.5) is 0 Å². The molecule has 0 aromatic heterocycles. The summed E-state index contributed by atoms with van der Waals surface area (Å²) in [6, 6.07) is 0. The molecule has 0 aliphatic rings. The van der Waals surface area contributed by atoms with Crippen LogP contribution >= 0.6 is 0 Å². The predicted molar refractivity (Wildman–Crippen MR) is 24.2 cm³/mol. The van der Waals surface area contributed by atoms with Crippen LogP contribution in [0.3, 0.4) is 0 Å². The van der Waals surface area contributed by atoms with E-state index in [1.807, 2.05) is 0 Å². The Balaban J connectivity index is 0. The van der Waals surface area contributed by atoms with Gasteiger partial charge in [0.1, 0.15) is 0 Å². The maximum Gasteiger partial charge on any atom is 4.00 e. The summed E-state index contributed by atoms with van der Waals surface area (Å²) in [6.45, 7) is 0. The van der Waals surface area contributed by atoms with E-state index in [1.54, 1.807) is 0 Å². The van der Waals surface area contributed by atoms with Crippen molar-refractivity contribution in [1.82, 2.24) is 0 Å². The molecule has 0 radical (unpaired) electrons. The fourth-order valence-electron chi connectivity index (χ4n) is 0. The van der Waals surface area contributed by atoms with Crippen molar-refractivity contribution in [2.24, 2.45) is 0 Å². The zero-order valence-corrected chi connectivity index (χ0v) is 8.36. The molecule has 0 N–H and O–H groups in total. The van der Waals surface area contributed by atoms with Crippen LogP contribution in [0.2, 0.25) is 0 Å². The summed E-state index contributed by atoms with van der Waals surface area (Å²) in [6.07, 6.45) is 0. The van der Waals surface area contributed by atoms with E-state index in [1.165, 1.54) is 0 Å². The quantitative estimate of drug-likeness (QED) is 0.308. The van der Waals surface area contributed by atoms with E-state index < -0.39 is 0 Å². The standard InChI is InChI=1S/2CH3.2ClH.Hf.H4Si/h2*1H3;2*1H;;1H4/q2*-1;;;+4;/p-2. The molecule has 0 nitrogen and oxygen atoms in total. The van der Waals surface area contributed by atoms with E-state index in [-0.39, 0.29) is 76.5 Å². The SMILES string of the molecule is [CH3-].[CH3-].[Cl-].[Cl-].[Hf+4].[SiH4]. The molecule has 0 aliphatic heterocycles. The van der Waals surface area contributed by atoms with Gasteiger partial charge in [0.15, 0.2) is 0 Å². The summed E-state index contributed by atoms with van der Waals surface area (Å²) < 4.78 is 0. The van der Waals surface area contributed by atoms with Crippen LogP contribution in [0.15, 0.2) is 0 Å². The first-order chi connectivity index (χ1) is 0. The van der Waals surface area contributed by atoms with Crippen LogP contribution < -0.4 is 24.8 Å². The van der Waals surface area contributed by atoms with Crippen LogP contribution in [0.1, 0.15) is 0 Å². The van der Waals surface area contributed by atoms with Gasteiger partial charge in [0.25, 0.3) is 0 Å². The molecule has 0 unspecified atom stereocenters. The molecule has 0 aromatic carbocycles. The van der Waals surface area contributed by atoms with E-state index >= 15 is 0 Å². The Morgan fingerprint density at radius 3 is 0.667 bits per heavy atom. The Bertz CT molecular complexity index is 11.5. The van der Waals surface area contributed by atoms with Crippen molar-refractivity contribution in [3.63, 3.8) is 0 Å². The van der Waals surface area contributed by atoms with Crippen molar-refractivity contribution in [1.29, 1.82) is 0 Å². The largest absolute Gasteiger partial charge is 4.00 e. The number of halogens is 2. The second kappa shape index (κ2) is 77.0. The first-order valence-electron chi connectivity index (χ1n) is 0. The van der Waals surface area contributed by atoms with Gasteiger partial charge in [-0.25, -0.2) is 0 Å². The Labute approximate surface area is 76.1 Å². The molecule has 4 heteroatoms. The van der Waals surface area contributed by atoms with Gasteiger partial charge in [-0.05, 0) is 11.0 Å². The number of rotatable bonds is 0. The van der Waals surface area contributed by atoms with Crippen LogP contribution in [0, 0.1) is 14.9 Å². The van der Waals surface area contributed by atoms with Crippen LogP contribution in [-0.4, -0.2) is 11.0 Å². The van der Waals surface area contributed by atoms with Crippen LogP contribution in [0.25, 0.3) is 0 Å². The molecular formula is C2H10Cl2HfSi. The van der Waals surface area contributed by atoms with Gasteiger partial charge in [0.05, 0.1) is 0 Å². The van der Waals surface area contributed by atoms with Gasteiger partial charge < -0.3 is 39.7 Å². The third-order valence-corrected chi connectivity index (χ3v) is 0. The molecule has 0 atom stereocenters. The first kappa shape index (κ1) is 123. The third-order valence-electron chi connectivity index (χ3n) is 0. The van der Waals surface area contributed by atoms with Gasteiger partial charge in [-0.2, -0.15) is 0 Å². The molecule has 0 saturated carbocycles. The fraction of sp³-hybridized carbons (Fsp3) is 0. The summed E-state index contributed by atoms with van der Waals surface area (Å²) in [4.78, 5) is 0. The topological polar surface area (TPSA) is 0 Å². The maximum absolute atomic E-state index is 0. The average molecular weight is 312 g/mol. The van der Waals surface area contributed by atoms with E-state index in [4.69, 9.17) is 0 Å². The molecule has 0 bridgehead atoms. The van der Waals surface area contributed by atoms with Crippen molar-refractivity contribution in [2.75, 3.05) is 0 Å². The molecule has 0 amide bonds. The molecule has 0 spiro atoms. The second-order valence-corrected chi connectivity index (χ2v) is 0. The molecule has 0 saturated heterocycles. The predicted octanol–water partition coefficient (Wildman–Crippen LogP) is -6.55. The monoisotopic (exact) mass is 312 g/mol. The molecular weight excluding hydrogens is 302 g/mol. The van der Waals surface area contributed by atoms with Crippen molar-refractivity contribution in [3.05, 3.63) is 14.9 Å². The van der Waals surface area contributed by atoms with Gasteiger partial charge in [-0.15, -0.1) is 0 Å². The third kappa shape index (κ3) is 44.4. The zero-order valence-electron chi connectivity index (χ0n) is 3.26. The van der Waals surface area contributed by atoms with E-state index in [0.717, 1.165) is 0 Å². The van der Waals surface area contributed by atoms with Gasteiger partial charge in [0.2, 0.25) is 0 Å². The Hall–Kier alpha value is 1.67. The molecule has 0 aliphatic carbocycles. The first-order valence-corrected chi connectivity index (χ1v) is 0. The summed E-state index contributed by atoms with van der Waals surface area (Å²) in [5.41, 5.74) is 0. The average Bonchev–Trinajstić information content (AvgIpc) is 0. The Kier molecular flexibility index (Phi) is 1570. The van der Waals surface area contributed by atoms with Crippen molar-refractivity contribution >= 4 is 11.0 Å². The molecule has 0 fully saturated rings. The minimum Gasteiger partial charge on any atom is -1.00 e. The second-order valence-electron chi connectivity index (χ2n) is 0. The summed E-state index contributed by atoms with van der Waals surface area (Å²) >= 11 is 0.